The number of nitro groups is 1. The highest BCUT2D eigenvalue weighted by molar-refractivity contribution is 5.95. The minimum absolute atomic E-state index is 0.111. The van der Waals surface area contributed by atoms with E-state index in [-0.39, 0.29) is 23.0 Å². The minimum Gasteiger partial charge on any atom is -0.490 e. The lowest BCUT2D eigenvalue weighted by atomic mass is 10.1. The Bertz CT molecular complexity index is 654. The number of nitrogens with zero attached hydrogens (tertiary/aromatic N) is 2. The van der Waals surface area contributed by atoms with Crippen molar-refractivity contribution in [2.24, 2.45) is 0 Å². The largest absolute Gasteiger partial charge is 0.490 e. The van der Waals surface area contributed by atoms with Crippen molar-refractivity contribution in [2.75, 3.05) is 7.11 Å². The van der Waals surface area contributed by atoms with Gasteiger partial charge in [-0.15, -0.1) is 0 Å². The predicted octanol–water partition coefficient (Wildman–Crippen LogP) is 1.82. The number of carbonyl (C=O) groups excluding carboxylic acids is 1. The monoisotopic (exact) mass is 290 g/mol. The van der Waals surface area contributed by atoms with E-state index in [9.17, 15) is 14.9 Å². The van der Waals surface area contributed by atoms with Crippen LogP contribution in [0.3, 0.4) is 0 Å². The molecule has 21 heavy (non-hydrogen) atoms. The van der Waals surface area contributed by atoms with Crippen molar-refractivity contribution >= 4 is 11.6 Å². The summed E-state index contributed by atoms with van der Waals surface area (Å²) < 4.78 is 4.90. The lowest BCUT2D eigenvalue weighted by Gasteiger charge is -2.12. The lowest BCUT2D eigenvalue weighted by molar-refractivity contribution is -0.385. The molecule has 1 aromatic heterocycles. The number of benzene rings is 1. The Morgan fingerprint density at radius 2 is 2.29 bits per heavy atom. The van der Waals surface area contributed by atoms with Crippen LogP contribution in [0.5, 0.6) is 5.75 Å². The SMILES string of the molecule is COc1ccc(C(=O)NC(C)c2cn[nH]c2)cc1[N+](=O)[O-]. The first-order valence-electron chi connectivity index (χ1n) is 6.15. The van der Waals surface area contributed by atoms with E-state index >= 15 is 0 Å². The number of methoxy groups -OCH3 is 1. The molecule has 2 rings (SSSR count). The average Bonchev–Trinajstić information content (AvgIpc) is 3.00. The summed E-state index contributed by atoms with van der Waals surface area (Å²) in [5, 5.41) is 20.1. The molecule has 1 atom stereocenters. The van der Waals surface area contributed by atoms with Crippen molar-refractivity contribution in [2.45, 2.75) is 13.0 Å². The number of nitro benzene ring substituents is 1. The second-order valence-corrected chi connectivity index (χ2v) is 4.37. The van der Waals surface area contributed by atoms with E-state index in [4.69, 9.17) is 4.74 Å². The molecular weight excluding hydrogens is 276 g/mol. The molecule has 0 aliphatic rings. The maximum Gasteiger partial charge on any atom is 0.311 e. The third kappa shape index (κ3) is 3.16. The first-order valence-corrected chi connectivity index (χ1v) is 6.15. The van der Waals surface area contributed by atoms with Gasteiger partial charge < -0.3 is 10.1 Å². The van der Waals surface area contributed by atoms with Gasteiger partial charge >= 0.3 is 5.69 Å². The molecular formula is C13H14N4O4. The van der Waals surface area contributed by atoms with Crippen LogP contribution in [0, 0.1) is 10.1 Å². The Kier molecular flexibility index (Phi) is 4.17. The van der Waals surface area contributed by atoms with Gasteiger partial charge in [-0.3, -0.25) is 20.0 Å². The van der Waals surface area contributed by atoms with Crippen LogP contribution in [0.4, 0.5) is 5.69 Å². The molecule has 1 aromatic carbocycles. The Morgan fingerprint density at radius 1 is 1.52 bits per heavy atom. The van der Waals surface area contributed by atoms with E-state index in [0.717, 1.165) is 5.56 Å². The van der Waals surface area contributed by atoms with Crippen LogP contribution in [0.15, 0.2) is 30.6 Å². The van der Waals surface area contributed by atoms with Crippen LogP contribution in [-0.2, 0) is 0 Å². The first-order chi connectivity index (χ1) is 10.0. The van der Waals surface area contributed by atoms with Gasteiger partial charge in [-0.1, -0.05) is 0 Å². The fourth-order valence-electron chi connectivity index (χ4n) is 1.83. The second-order valence-electron chi connectivity index (χ2n) is 4.37. The molecule has 0 saturated carbocycles. The molecule has 1 unspecified atom stereocenters. The number of amides is 1. The molecule has 0 bridgehead atoms. The van der Waals surface area contributed by atoms with E-state index in [2.05, 4.69) is 15.5 Å². The third-order valence-electron chi connectivity index (χ3n) is 3.00. The molecule has 2 N–H and O–H groups in total. The van der Waals surface area contributed by atoms with Crippen LogP contribution < -0.4 is 10.1 Å². The summed E-state index contributed by atoms with van der Waals surface area (Å²) in [7, 11) is 1.34. The predicted molar refractivity (Wildman–Crippen MR) is 74.1 cm³/mol. The highest BCUT2D eigenvalue weighted by atomic mass is 16.6. The van der Waals surface area contributed by atoms with Crippen molar-refractivity contribution in [3.8, 4) is 5.75 Å². The zero-order valence-corrected chi connectivity index (χ0v) is 11.5. The number of carbonyl (C=O) groups is 1. The molecule has 110 valence electrons. The molecule has 0 saturated heterocycles. The number of hydrogen-bond acceptors (Lipinski definition) is 5. The minimum atomic E-state index is -0.588. The van der Waals surface area contributed by atoms with Crippen molar-refractivity contribution < 1.29 is 14.5 Å². The van der Waals surface area contributed by atoms with Gasteiger partial charge in [0.2, 0.25) is 0 Å². The van der Waals surface area contributed by atoms with E-state index in [0.29, 0.717) is 0 Å². The van der Waals surface area contributed by atoms with Crippen molar-refractivity contribution in [1.82, 2.24) is 15.5 Å². The van der Waals surface area contributed by atoms with Crippen molar-refractivity contribution in [3.05, 3.63) is 51.8 Å². The summed E-state index contributed by atoms with van der Waals surface area (Å²) in [4.78, 5) is 22.5. The number of nitrogens with one attached hydrogen (secondary N) is 2. The number of H-pyrrole nitrogens is 1. The van der Waals surface area contributed by atoms with Gasteiger partial charge in [0.15, 0.2) is 5.75 Å². The van der Waals surface area contributed by atoms with Gasteiger partial charge in [0.25, 0.3) is 5.91 Å². The van der Waals surface area contributed by atoms with Gasteiger partial charge in [-0.25, -0.2) is 0 Å². The number of hydrogen-bond donors (Lipinski definition) is 2. The summed E-state index contributed by atoms with van der Waals surface area (Å²) in [6.45, 7) is 1.79. The molecule has 0 fully saturated rings. The smallest absolute Gasteiger partial charge is 0.311 e. The highest BCUT2D eigenvalue weighted by Gasteiger charge is 2.19. The summed E-state index contributed by atoms with van der Waals surface area (Å²) in [6.07, 6.45) is 3.27. The quantitative estimate of drug-likeness (QED) is 0.644. The Labute approximate surface area is 120 Å². The molecule has 8 heteroatoms. The molecule has 8 nitrogen and oxygen atoms in total. The summed E-state index contributed by atoms with van der Waals surface area (Å²) in [5.41, 5.74) is 0.755. The van der Waals surface area contributed by atoms with E-state index in [1.807, 2.05) is 0 Å². The zero-order valence-electron chi connectivity index (χ0n) is 11.5. The van der Waals surface area contributed by atoms with Crippen LogP contribution >= 0.6 is 0 Å². The average molecular weight is 290 g/mol. The Hall–Kier alpha value is -2.90. The molecule has 0 spiro atoms. The maximum atomic E-state index is 12.1. The van der Waals surface area contributed by atoms with Crippen LogP contribution in [0.2, 0.25) is 0 Å². The van der Waals surface area contributed by atoms with E-state index in [1.54, 1.807) is 19.3 Å². The van der Waals surface area contributed by atoms with Crippen LogP contribution in [0.1, 0.15) is 28.9 Å². The topological polar surface area (TPSA) is 110 Å². The molecule has 0 aliphatic carbocycles. The number of aromatic amines is 1. The highest BCUT2D eigenvalue weighted by Crippen LogP contribution is 2.27. The van der Waals surface area contributed by atoms with Gasteiger partial charge in [0, 0.05) is 23.4 Å². The summed E-state index contributed by atoms with van der Waals surface area (Å²) >= 11 is 0. The fourth-order valence-corrected chi connectivity index (χ4v) is 1.83. The number of aromatic nitrogens is 2. The fraction of sp³-hybridized carbons (Fsp3) is 0.231. The zero-order chi connectivity index (χ0) is 15.4. The van der Waals surface area contributed by atoms with E-state index in [1.165, 1.54) is 25.3 Å². The summed E-state index contributed by atoms with van der Waals surface area (Å²) in [5.74, 6) is -0.297. The molecule has 2 aromatic rings. The van der Waals surface area contributed by atoms with Gasteiger partial charge in [-0.2, -0.15) is 5.10 Å². The number of ether oxygens (including phenoxy) is 1. The van der Waals surface area contributed by atoms with E-state index < -0.39 is 10.8 Å². The van der Waals surface area contributed by atoms with Crippen LogP contribution in [0.25, 0.3) is 0 Å². The standard InChI is InChI=1S/C13H14N4O4/c1-8(10-6-14-15-7-10)16-13(18)9-3-4-12(21-2)11(5-9)17(19)20/h3-8H,1-2H3,(H,14,15)(H,16,18). The second kappa shape index (κ2) is 6.04. The summed E-state index contributed by atoms with van der Waals surface area (Å²) in [6, 6.07) is 3.80. The van der Waals surface area contributed by atoms with Crippen molar-refractivity contribution in [1.29, 1.82) is 0 Å². The van der Waals surface area contributed by atoms with Crippen LogP contribution in [-0.4, -0.2) is 28.1 Å². The Balaban J connectivity index is 2.19. The first kappa shape index (κ1) is 14.5. The Morgan fingerprint density at radius 3 is 2.86 bits per heavy atom. The maximum absolute atomic E-state index is 12.1. The van der Waals surface area contributed by atoms with Gasteiger partial charge in [0.05, 0.1) is 24.3 Å². The van der Waals surface area contributed by atoms with Gasteiger partial charge in [0.1, 0.15) is 0 Å². The lowest BCUT2D eigenvalue weighted by Crippen LogP contribution is -2.26. The molecule has 0 aliphatic heterocycles. The van der Waals surface area contributed by atoms with Gasteiger partial charge in [-0.05, 0) is 19.1 Å². The normalized spacial score (nSPS) is 11.7. The number of rotatable bonds is 5. The molecule has 1 amide bonds. The molecule has 1 heterocycles. The third-order valence-corrected chi connectivity index (χ3v) is 3.00. The molecule has 0 radical (unpaired) electrons. The van der Waals surface area contributed by atoms with Crippen molar-refractivity contribution in [3.63, 3.8) is 0 Å².